The van der Waals surface area contributed by atoms with Crippen LogP contribution in [-0.4, -0.2) is 35.6 Å². The predicted octanol–water partition coefficient (Wildman–Crippen LogP) is 3.36. The molecular formula is C19H23N3O3. The second kappa shape index (κ2) is 7.96. The lowest BCUT2D eigenvalue weighted by Crippen LogP contribution is -2.39. The summed E-state index contributed by atoms with van der Waals surface area (Å²) in [4.78, 5) is 22.6. The SMILES string of the molecule is CCOC(=O)C1CCCN(c2cc(Oc3cccc(C)c3)ncn2)C1. The average Bonchev–Trinajstić information content (AvgIpc) is 2.62. The molecule has 1 fully saturated rings. The molecule has 1 aliphatic heterocycles. The van der Waals surface area contributed by atoms with E-state index in [0.29, 0.717) is 19.0 Å². The molecule has 1 atom stereocenters. The van der Waals surface area contributed by atoms with Crippen LogP contribution in [0.15, 0.2) is 36.7 Å². The third-order valence-corrected chi connectivity index (χ3v) is 4.20. The number of anilines is 1. The molecule has 0 spiro atoms. The molecule has 132 valence electrons. The highest BCUT2D eigenvalue weighted by Crippen LogP contribution is 2.26. The average molecular weight is 341 g/mol. The normalized spacial score (nSPS) is 17.2. The number of carbonyl (C=O) groups excluding carboxylic acids is 1. The number of aromatic nitrogens is 2. The zero-order valence-electron chi connectivity index (χ0n) is 14.6. The summed E-state index contributed by atoms with van der Waals surface area (Å²) in [5.74, 6) is 1.77. The molecule has 0 radical (unpaired) electrons. The smallest absolute Gasteiger partial charge is 0.310 e. The first-order valence-electron chi connectivity index (χ1n) is 8.64. The summed E-state index contributed by atoms with van der Waals surface area (Å²) in [5.41, 5.74) is 1.13. The van der Waals surface area contributed by atoms with Gasteiger partial charge in [0.1, 0.15) is 17.9 Å². The van der Waals surface area contributed by atoms with Crippen molar-refractivity contribution < 1.29 is 14.3 Å². The zero-order chi connectivity index (χ0) is 17.6. The number of hydrogen-bond donors (Lipinski definition) is 0. The van der Waals surface area contributed by atoms with Crippen molar-refractivity contribution in [2.24, 2.45) is 5.92 Å². The van der Waals surface area contributed by atoms with Crippen LogP contribution >= 0.6 is 0 Å². The Balaban J connectivity index is 1.71. The maximum Gasteiger partial charge on any atom is 0.310 e. The van der Waals surface area contributed by atoms with Gasteiger partial charge in [-0.2, -0.15) is 0 Å². The molecular weight excluding hydrogens is 318 g/mol. The van der Waals surface area contributed by atoms with Crippen LogP contribution in [0.1, 0.15) is 25.3 Å². The first-order valence-corrected chi connectivity index (χ1v) is 8.64. The lowest BCUT2D eigenvalue weighted by molar-refractivity contribution is -0.148. The van der Waals surface area contributed by atoms with Crippen molar-refractivity contribution in [2.75, 3.05) is 24.6 Å². The fraction of sp³-hybridized carbons (Fsp3) is 0.421. The minimum Gasteiger partial charge on any atom is -0.466 e. The van der Waals surface area contributed by atoms with Crippen LogP contribution in [-0.2, 0) is 9.53 Å². The van der Waals surface area contributed by atoms with Crippen molar-refractivity contribution in [3.63, 3.8) is 0 Å². The molecule has 2 heterocycles. The van der Waals surface area contributed by atoms with Gasteiger partial charge >= 0.3 is 5.97 Å². The summed E-state index contributed by atoms with van der Waals surface area (Å²) in [6, 6.07) is 9.63. The standard InChI is InChI=1S/C19H23N3O3/c1-3-24-19(23)15-7-5-9-22(12-15)17-11-18(21-13-20-17)25-16-8-4-6-14(2)10-16/h4,6,8,10-11,13,15H,3,5,7,9,12H2,1-2H3. The van der Waals surface area contributed by atoms with Crippen LogP contribution in [0.25, 0.3) is 0 Å². The molecule has 2 aromatic rings. The van der Waals surface area contributed by atoms with Gasteiger partial charge < -0.3 is 14.4 Å². The summed E-state index contributed by atoms with van der Waals surface area (Å²) >= 11 is 0. The molecule has 0 bridgehead atoms. The monoisotopic (exact) mass is 341 g/mol. The Kier molecular flexibility index (Phi) is 5.48. The zero-order valence-corrected chi connectivity index (χ0v) is 14.6. The third kappa shape index (κ3) is 4.47. The van der Waals surface area contributed by atoms with Crippen LogP contribution in [0.5, 0.6) is 11.6 Å². The molecule has 1 aliphatic rings. The van der Waals surface area contributed by atoms with Gasteiger partial charge in [0.15, 0.2) is 0 Å². The summed E-state index contributed by atoms with van der Waals surface area (Å²) in [5, 5.41) is 0. The predicted molar refractivity (Wildman–Crippen MR) is 94.9 cm³/mol. The van der Waals surface area contributed by atoms with Crippen LogP contribution in [0.4, 0.5) is 5.82 Å². The van der Waals surface area contributed by atoms with Gasteiger partial charge in [-0.15, -0.1) is 0 Å². The lowest BCUT2D eigenvalue weighted by atomic mass is 9.98. The molecule has 3 rings (SSSR count). The second-order valence-corrected chi connectivity index (χ2v) is 6.17. The number of ether oxygens (including phenoxy) is 2. The van der Waals surface area contributed by atoms with Crippen molar-refractivity contribution in [3.05, 3.63) is 42.2 Å². The van der Waals surface area contributed by atoms with E-state index in [1.807, 2.05) is 44.2 Å². The number of aryl methyl sites for hydroxylation is 1. The highest BCUT2D eigenvalue weighted by atomic mass is 16.5. The van der Waals surface area contributed by atoms with E-state index in [-0.39, 0.29) is 11.9 Å². The number of carbonyl (C=O) groups is 1. The molecule has 0 amide bonds. The second-order valence-electron chi connectivity index (χ2n) is 6.17. The maximum absolute atomic E-state index is 12.0. The van der Waals surface area contributed by atoms with Crippen LogP contribution in [0.3, 0.4) is 0 Å². The first-order chi connectivity index (χ1) is 12.2. The van der Waals surface area contributed by atoms with E-state index in [2.05, 4.69) is 14.9 Å². The fourth-order valence-corrected chi connectivity index (χ4v) is 3.00. The van der Waals surface area contributed by atoms with Crippen LogP contribution < -0.4 is 9.64 Å². The minimum absolute atomic E-state index is 0.107. The van der Waals surface area contributed by atoms with Gasteiger partial charge in [0, 0.05) is 19.2 Å². The highest BCUT2D eigenvalue weighted by molar-refractivity contribution is 5.73. The Hall–Kier alpha value is -2.63. The molecule has 0 saturated carbocycles. The van der Waals surface area contributed by atoms with Crippen molar-refractivity contribution >= 4 is 11.8 Å². The van der Waals surface area contributed by atoms with Crippen LogP contribution in [0.2, 0.25) is 0 Å². The number of nitrogens with zero attached hydrogens (tertiary/aromatic N) is 3. The van der Waals surface area contributed by atoms with E-state index in [1.165, 1.54) is 6.33 Å². The van der Waals surface area contributed by atoms with Gasteiger partial charge in [-0.25, -0.2) is 9.97 Å². The Morgan fingerprint density at radius 1 is 1.32 bits per heavy atom. The molecule has 0 aliphatic carbocycles. The molecule has 25 heavy (non-hydrogen) atoms. The summed E-state index contributed by atoms with van der Waals surface area (Å²) in [6.07, 6.45) is 3.28. The van der Waals surface area contributed by atoms with Gasteiger partial charge in [0.25, 0.3) is 0 Å². The number of rotatable bonds is 5. The molecule has 1 saturated heterocycles. The van der Waals surface area contributed by atoms with Crippen molar-refractivity contribution in [2.45, 2.75) is 26.7 Å². The van der Waals surface area contributed by atoms with E-state index in [9.17, 15) is 4.79 Å². The van der Waals surface area contributed by atoms with Crippen molar-refractivity contribution in [1.82, 2.24) is 9.97 Å². The van der Waals surface area contributed by atoms with E-state index < -0.39 is 0 Å². The first kappa shape index (κ1) is 17.2. The Morgan fingerprint density at radius 2 is 2.20 bits per heavy atom. The number of hydrogen-bond acceptors (Lipinski definition) is 6. The lowest BCUT2D eigenvalue weighted by Gasteiger charge is -2.32. The van der Waals surface area contributed by atoms with Gasteiger partial charge in [0.2, 0.25) is 5.88 Å². The molecule has 1 aromatic heterocycles. The maximum atomic E-state index is 12.0. The third-order valence-electron chi connectivity index (χ3n) is 4.20. The number of esters is 1. The summed E-state index contributed by atoms with van der Waals surface area (Å²) < 4.78 is 11.0. The van der Waals surface area contributed by atoms with Gasteiger partial charge in [-0.1, -0.05) is 12.1 Å². The van der Waals surface area contributed by atoms with E-state index in [4.69, 9.17) is 9.47 Å². The Bertz CT molecular complexity index is 735. The van der Waals surface area contributed by atoms with Gasteiger partial charge in [0.05, 0.1) is 12.5 Å². The molecule has 6 nitrogen and oxygen atoms in total. The Labute approximate surface area is 147 Å². The quantitative estimate of drug-likeness (QED) is 0.777. The summed E-state index contributed by atoms with van der Waals surface area (Å²) in [7, 11) is 0. The number of benzene rings is 1. The van der Waals surface area contributed by atoms with Gasteiger partial charge in [-0.05, 0) is 44.4 Å². The van der Waals surface area contributed by atoms with Gasteiger partial charge in [-0.3, -0.25) is 4.79 Å². The van der Waals surface area contributed by atoms with E-state index in [0.717, 1.165) is 36.5 Å². The van der Waals surface area contributed by atoms with Crippen molar-refractivity contribution in [3.8, 4) is 11.6 Å². The van der Waals surface area contributed by atoms with E-state index >= 15 is 0 Å². The Morgan fingerprint density at radius 3 is 3.00 bits per heavy atom. The van der Waals surface area contributed by atoms with Crippen molar-refractivity contribution in [1.29, 1.82) is 0 Å². The molecule has 1 unspecified atom stereocenters. The fourth-order valence-electron chi connectivity index (χ4n) is 3.00. The molecule has 0 N–H and O–H groups in total. The molecule has 1 aromatic carbocycles. The minimum atomic E-state index is -0.127. The van der Waals surface area contributed by atoms with E-state index in [1.54, 1.807) is 0 Å². The molecule has 6 heteroatoms. The largest absolute Gasteiger partial charge is 0.466 e. The highest BCUT2D eigenvalue weighted by Gasteiger charge is 2.27. The number of piperidine rings is 1. The summed E-state index contributed by atoms with van der Waals surface area (Å²) in [6.45, 7) is 5.73. The topological polar surface area (TPSA) is 64.5 Å². The van der Waals surface area contributed by atoms with Crippen LogP contribution in [0, 0.1) is 12.8 Å².